The van der Waals surface area contributed by atoms with Crippen molar-refractivity contribution in [3.63, 3.8) is 0 Å². The van der Waals surface area contributed by atoms with Crippen LogP contribution in [0.15, 0.2) is 35.4 Å². The Kier molecular flexibility index (Phi) is 3.21. The van der Waals surface area contributed by atoms with E-state index in [0.29, 0.717) is 0 Å². The standard InChI is InChI=1S/C10H10N4OS/c1-16-9-5-3-2-4-7(9)12-10(15)8-6-11-14-13-8/h2-6H,1H3,(H,12,15)(H,11,13,14). The first-order valence-electron chi connectivity index (χ1n) is 4.61. The summed E-state index contributed by atoms with van der Waals surface area (Å²) in [5.74, 6) is -0.268. The van der Waals surface area contributed by atoms with E-state index in [2.05, 4.69) is 20.7 Å². The molecule has 1 aromatic heterocycles. The van der Waals surface area contributed by atoms with E-state index < -0.39 is 0 Å². The molecule has 0 aliphatic heterocycles. The third kappa shape index (κ3) is 2.22. The van der Waals surface area contributed by atoms with Crippen molar-refractivity contribution in [1.82, 2.24) is 15.4 Å². The number of anilines is 1. The highest BCUT2D eigenvalue weighted by molar-refractivity contribution is 7.98. The van der Waals surface area contributed by atoms with Crippen LogP contribution in [0, 0.1) is 0 Å². The predicted octanol–water partition coefficient (Wildman–Crippen LogP) is 1.78. The second kappa shape index (κ2) is 4.80. The lowest BCUT2D eigenvalue weighted by molar-refractivity contribution is 0.102. The lowest BCUT2D eigenvalue weighted by Gasteiger charge is -2.07. The largest absolute Gasteiger partial charge is 0.320 e. The molecular weight excluding hydrogens is 224 g/mol. The van der Waals surface area contributed by atoms with Crippen LogP contribution >= 0.6 is 11.8 Å². The third-order valence-corrected chi connectivity index (χ3v) is 2.80. The number of rotatable bonds is 3. The molecule has 82 valence electrons. The van der Waals surface area contributed by atoms with Crippen molar-refractivity contribution in [3.05, 3.63) is 36.2 Å². The first kappa shape index (κ1) is 10.7. The molecule has 1 amide bonds. The minimum atomic E-state index is -0.268. The van der Waals surface area contributed by atoms with Gasteiger partial charge in [-0.05, 0) is 18.4 Å². The second-order valence-corrected chi connectivity index (χ2v) is 3.86. The van der Waals surface area contributed by atoms with Gasteiger partial charge in [-0.25, -0.2) is 0 Å². The molecule has 16 heavy (non-hydrogen) atoms. The smallest absolute Gasteiger partial charge is 0.277 e. The number of para-hydroxylation sites is 1. The van der Waals surface area contributed by atoms with Crippen LogP contribution < -0.4 is 5.32 Å². The third-order valence-electron chi connectivity index (χ3n) is 2.00. The number of nitrogens with one attached hydrogen (secondary N) is 2. The summed E-state index contributed by atoms with van der Waals surface area (Å²) >= 11 is 1.58. The Morgan fingerprint density at radius 1 is 1.44 bits per heavy atom. The van der Waals surface area contributed by atoms with Crippen LogP contribution in [-0.2, 0) is 0 Å². The Hall–Kier alpha value is -1.82. The van der Waals surface area contributed by atoms with Gasteiger partial charge in [-0.2, -0.15) is 15.4 Å². The highest BCUT2D eigenvalue weighted by Gasteiger charge is 2.10. The first-order chi connectivity index (χ1) is 7.81. The molecule has 1 heterocycles. The van der Waals surface area contributed by atoms with E-state index in [4.69, 9.17) is 0 Å². The Balaban J connectivity index is 2.18. The van der Waals surface area contributed by atoms with E-state index in [1.807, 2.05) is 30.5 Å². The lowest BCUT2D eigenvalue weighted by atomic mass is 10.3. The molecule has 1 aromatic carbocycles. The van der Waals surface area contributed by atoms with Crippen LogP contribution in [0.25, 0.3) is 0 Å². The van der Waals surface area contributed by atoms with Gasteiger partial charge in [-0.15, -0.1) is 11.8 Å². The molecule has 0 radical (unpaired) electrons. The van der Waals surface area contributed by atoms with E-state index in [1.165, 1.54) is 6.20 Å². The van der Waals surface area contributed by atoms with Crippen LogP contribution in [0.3, 0.4) is 0 Å². The van der Waals surface area contributed by atoms with Crippen LogP contribution in [0.5, 0.6) is 0 Å². The average Bonchev–Trinajstić information content (AvgIpc) is 2.83. The molecule has 2 aromatic rings. The first-order valence-corrected chi connectivity index (χ1v) is 5.84. The fraction of sp³-hybridized carbons (Fsp3) is 0.100. The molecule has 0 spiro atoms. The molecule has 0 fully saturated rings. The predicted molar refractivity (Wildman–Crippen MR) is 62.6 cm³/mol. The van der Waals surface area contributed by atoms with Crippen molar-refractivity contribution < 1.29 is 4.79 Å². The molecule has 0 saturated carbocycles. The fourth-order valence-corrected chi connectivity index (χ4v) is 1.80. The number of thioether (sulfide) groups is 1. The van der Waals surface area contributed by atoms with Gasteiger partial charge in [-0.1, -0.05) is 12.1 Å². The summed E-state index contributed by atoms with van der Waals surface area (Å²) in [4.78, 5) is 12.7. The van der Waals surface area contributed by atoms with Gasteiger partial charge < -0.3 is 5.32 Å². The van der Waals surface area contributed by atoms with Gasteiger partial charge in [0.15, 0.2) is 5.69 Å². The summed E-state index contributed by atoms with van der Waals surface area (Å²) in [7, 11) is 0. The number of amides is 1. The monoisotopic (exact) mass is 234 g/mol. The topological polar surface area (TPSA) is 70.7 Å². The number of benzene rings is 1. The quantitative estimate of drug-likeness (QED) is 0.794. The summed E-state index contributed by atoms with van der Waals surface area (Å²) < 4.78 is 0. The summed E-state index contributed by atoms with van der Waals surface area (Å²) in [6.07, 6.45) is 3.35. The summed E-state index contributed by atoms with van der Waals surface area (Å²) in [6, 6.07) is 7.60. The van der Waals surface area contributed by atoms with E-state index >= 15 is 0 Å². The number of carbonyl (C=O) groups is 1. The Morgan fingerprint density at radius 2 is 2.25 bits per heavy atom. The number of carbonyl (C=O) groups excluding carboxylic acids is 1. The van der Waals surface area contributed by atoms with E-state index in [0.717, 1.165) is 10.6 Å². The van der Waals surface area contributed by atoms with Crippen molar-refractivity contribution in [2.75, 3.05) is 11.6 Å². The zero-order valence-corrected chi connectivity index (χ0v) is 9.41. The summed E-state index contributed by atoms with van der Waals surface area (Å²) in [5.41, 5.74) is 1.05. The van der Waals surface area contributed by atoms with Gasteiger partial charge in [0.05, 0.1) is 11.9 Å². The number of nitrogens with zero attached hydrogens (tertiary/aromatic N) is 2. The maximum Gasteiger partial charge on any atom is 0.277 e. The Bertz CT molecular complexity index is 483. The molecule has 6 heteroatoms. The lowest BCUT2D eigenvalue weighted by Crippen LogP contribution is -2.12. The Morgan fingerprint density at radius 3 is 2.94 bits per heavy atom. The van der Waals surface area contributed by atoms with Crippen molar-refractivity contribution in [1.29, 1.82) is 0 Å². The zero-order valence-electron chi connectivity index (χ0n) is 8.60. The van der Waals surface area contributed by atoms with Crippen LogP contribution in [0.4, 0.5) is 5.69 Å². The van der Waals surface area contributed by atoms with Gasteiger partial charge >= 0.3 is 0 Å². The van der Waals surface area contributed by atoms with Crippen molar-refractivity contribution in [3.8, 4) is 0 Å². The van der Waals surface area contributed by atoms with Gasteiger partial charge in [0.2, 0.25) is 0 Å². The maximum atomic E-state index is 11.7. The zero-order chi connectivity index (χ0) is 11.4. The Labute approximate surface area is 96.6 Å². The van der Waals surface area contributed by atoms with E-state index in [1.54, 1.807) is 11.8 Å². The van der Waals surface area contributed by atoms with Gasteiger partial charge in [-0.3, -0.25) is 4.79 Å². The molecule has 0 bridgehead atoms. The molecule has 0 unspecified atom stereocenters. The molecule has 0 atom stereocenters. The summed E-state index contributed by atoms with van der Waals surface area (Å²) in [5, 5.41) is 12.5. The second-order valence-electron chi connectivity index (χ2n) is 3.01. The molecule has 0 aliphatic rings. The van der Waals surface area contributed by atoms with E-state index in [9.17, 15) is 4.79 Å². The van der Waals surface area contributed by atoms with E-state index in [-0.39, 0.29) is 11.6 Å². The van der Waals surface area contributed by atoms with Crippen molar-refractivity contribution in [2.45, 2.75) is 4.90 Å². The minimum Gasteiger partial charge on any atom is -0.320 e. The fourth-order valence-electron chi connectivity index (χ4n) is 1.25. The number of H-pyrrole nitrogens is 1. The normalized spacial score (nSPS) is 10.1. The summed E-state index contributed by atoms with van der Waals surface area (Å²) in [6.45, 7) is 0. The van der Waals surface area contributed by atoms with Crippen LogP contribution in [-0.4, -0.2) is 27.6 Å². The average molecular weight is 234 g/mol. The van der Waals surface area contributed by atoms with Crippen LogP contribution in [0.2, 0.25) is 0 Å². The highest BCUT2D eigenvalue weighted by Crippen LogP contribution is 2.24. The SMILES string of the molecule is CSc1ccccc1NC(=O)c1cn[nH]n1. The molecule has 0 saturated heterocycles. The van der Waals surface area contributed by atoms with Gasteiger partial charge in [0, 0.05) is 4.90 Å². The number of aromatic nitrogens is 3. The molecule has 2 N–H and O–H groups in total. The van der Waals surface area contributed by atoms with Gasteiger partial charge in [0.1, 0.15) is 0 Å². The van der Waals surface area contributed by atoms with Crippen molar-refractivity contribution in [2.24, 2.45) is 0 Å². The molecule has 0 aliphatic carbocycles. The van der Waals surface area contributed by atoms with Gasteiger partial charge in [0.25, 0.3) is 5.91 Å². The number of hydrogen-bond donors (Lipinski definition) is 2. The van der Waals surface area contributed by atoms with Crippen LogP contribution in [0.1, 0.15) is 10.5 Å². The molecule has 2 rings (SSSR count). The minimum absolute atomic E-state index is 0.268. The molecular formula is C10H10N4OS. The number of hydrogen-bond acceptors (Lipinski definition) is 4. The molecule has 5 nitrogen and oxygen atoms in total. The van der Waals surface area contributed by atoms with Crippen molar-refractivity contribution >= 4 is 23.4 Å². The highest BCUT2D eigenvalue weighted by atomic mass is 32.2. The number of aromatic amines is 1. The maximum absolute atomic E-state index is 11.7.